The maximum absolute atomic E-state index is 8.60. The fourth-order valence-corrected chi connectivity index (χ4v) is 1.67. The highest BCUT2D eigenvalue weighted by Crippen LogP contribution is 2.16. The van der Waals surface area contributed by atoms with Crippen molar-refractivity contribution in [2.24, 2.45) is 5.92 Å². The van der Waals surface area contributed by atoms with Gasteiger partial charge in [0.05, 0.1) is 0 Å². The summed E-state index contributed by atoms with van der Waals surface area (Å²) in [5, 5.41) is 8.60. The second-order valence-electron chi connectivity index (χ2n) is 4.58. The molecule has 112 valence electrons. The lowest BCUT2D eigenvalue weighted by molar-refractivity contribution is 0.280. The summed E-state index contributed by atoms with van der Waals surface area (Å²) in [5.74, 6) is 0.894. The molecule has 0 spiro atoms. The van der Waals surface area contributed by atoms with E-state index in [0.29, 0.717) is 6.61 Å². The van der Waals surface area contributed by atoms with Gasteiger partial charge >= 0.3 is 0 Å². The van der Waals surface area contributed by atoms with Crippen LogP contribution >= 0.6 is 0 Å². The minimum absolute atomic E-state index is 0.365. The predicted octanol–water partition coefficient (Wildman–Crippen LogP) is 2.42. The fraction of sp³-hybridized carbons (Fsp3) is 1.00. The van der Waals surface area contributed by atoms with Crippen LogP contribution < -0.4 is 0 Å². The van der Waals surface area contributed by atoms with Crippen LogP contribution in [-0.4, -0.2) is 29.2 Å². The van der Waals surface area contributed by atoms with Crippen molar-refractivity contribution >= 4 is 10.4 Å². The molecule has 0 fully saturated rings. The third-order valence-electron chi connectivity index (χ3n) is 2.66. The minimum atomic E-state index is -5.17. The van der Waals surface area contributed by atoms with Crippen LogP contribution in [-0.2, 0) is 10.4 Å². The minimum Gasteiger partial charge on any atom is -0.759 e. The van der Waals surface area contributed by atoms with Gasteiger partial charge < -0.3 is 14.2 Å². The highest BCUT2D eigenvalue weighted by molar-refractivity contribution is 7.79. The average molecular weight is 282 g/mol. The van der Waals surface area contributed by atoms with Gasteiger partial charge in [0.1, 0.15) is 0 Å². The second kappa shape index (κ2) is 13.3. The molecule has 0 aliphatic carbocycles. The van der Waals surface area contributed by atoms with E-state index in [0.717, 1.165) is 12.3 Å². The molecule has 0 aliphatic heterocycles. The molecule has 0 bridgehead atoms. The van der Waals surface area contributed by atoms with Crippen LogP contribution in [0.4, 0.5) is 0 Å². The highest BCUT2D eigenvalue weighted by Gasteiger charge is 2.00. The maximum atomic E-state index is 8.60. The molecule has 5 nitrogen and oxygen atoms in total. The van der Waals surface area contributed by atoms with Gasteiger partial charge in [0.15, 0.2) is 0 Å². The van der Waals surface area contributed by atoms with Gasteiger partial charge in [-0.25, -0.2) is 0 Å². The van der Waals surface area contributed by atoms with E-state index >= 15 is 0 Å². The molecule has 6 heteroatoms. The molecule has 0 amide bonds. The molecule has 0 rings (SSSR count). The van der Waals surface area contributed by atoms with E-state index < -0.39 is 10.4 Å². The van der Waals surface area contributed by atoms with Gasteiger partial charge in [0, 0.05) is 17.0 Å². The zero-order valence-electron chi connectivity index (χ0n) is 11.4. The third kappa shape index (κ3) is 29.7. The van der Waals surface area contributed by atoms with Crippen molar-refractivity contribution in [3.63, 3.8) is 0 Å². The summed E-state index contributed by atoms with van der Waals surface area (Å²) >= 11 is 0. The van der Waals surface area contributed by atoms with Gasteiger partial charge in [0.2, 0.25) is 0 Å². The van der Waals surface area contributed by atoms with Crippen LogP contribution in [0.25, 0.3) is 0 Å². The van der Waals surface area contributed by atoms with Crippen molar-refractivity contribution in [1.82, 2.24) is 0 Å². The van der Waals surface area contributed by atoms with E-state index in [4.69, 9.17) is 22.6 Å². The maximum Gasteiger partial charge on any atom is 0.0431 e. The zero-order valence-corrected chi connectivity index (χ0v) is 12.2. The molecule has 1 unspecified atom stereocenters. The van der Waals surface area contributed by atoms with Crippen molar-refractivity contribution in [3.05, 3.63) is 0 Å². The van der Waals surface area contributed by atoms with Crippen LogP contribution in [0, 0.1) is 5.92 Å². The number of unbranched alkanes of at least 4 members (excludes halogenated alkanes) is 4. The smallest absolute Gasteiger partial charge is 0.0431 e. The molecule has 0 aromatic rings. The van der Waals surface area contributed by atoms with Crippen molar-refractivity contribution in [3.8, 4) is 0 Å². The Balaban J connectivity index is 0. The summed E-state index contributed by atoms with van der Waals surface area (Å²) in [4.78, 5) is 0. The lowest BCUT2D eigenvalue weighted by Crippen LogP contribution is -1.95. The van der Waals surface area contributed by atoms with Gasteiger partial charge in [-0.05, 0) is 12.3 Å². The van der Waals surface area contributed by atoms with E-state index in [1.54, 1.807) is 0 Å². The number of aliphatic hydroxyl groups is 1. The Morgan fingerprint density at radius 1 is 1.00 bits per heavy atom. The summed E-state index contributed by atoms with van der Waals surface area (Å²) in [5.41, 5.74) is 0. The number of rotatable bonds is 9. The van der Waals surface area contributed by atoms with Crippen molar-refractivity contribution in [1.29, 1.82) is 0 Å². The van der Waals surface area contributed by atoms with Crippen LogP contribution in [0.1, 0.15) is 65.2 Å². The van der Waals surface area contributed by atoms with Gasteiger partial charge in [0.25, 0.3) is 0 Å². The van der Waals surface area contributed by atoms with E-state index in [9.17, 15) is 0 Å². The van der Waals surface area contributed by atoms with Gasteiger partial charge in [-0.15, -0.1) is 0 Å². The van der Waals surface area contributed by atoms with Gasteiger partial charge in [-0.2, -0.15) is 0 Å². The Labute approximate surface area is 111 Å². The fourth-order valence-electron chi connectivity index (χ4n) is 1.67. The lowest BCUT2D eigenvalue weighted by Gasteiger charge is -2.09. The summed E-state index contributed by atoms with van der Waals surface area (Å²) in [6.07, 6.45) is 10.4. The van der Waals surface area contributed by atoms with Crippen molar-refractivity contribution in [2.45, 2.75) is 65.2 Å². The molecular weight excluding hydrogens is 256 g/mol. The molecule has 0 saturated heterocycles. The third-order valence-corrected chi connectivity index (χ3v) is 2.66. The Bertz CT molecular complexity index is 243. The molecule has 0 radical (unpaired) electrons. The summed E-state index contributed by atoms with van der Waals surface area (Å²) in [7, 11) is -5.17. The first kappa shape index (κ1) is 20.2. The largest absolute Gasteiger partial charge is 0.759 e. The molecule has 18 heavy (non-hydrogen) atoms. The van der Waals surface area contributed by atoms with Crippen LogP contribution in [0.3, 0.4) is 0 Å². The van der Waals surface area contributed by atoms with E-state index in [2.05, 4.69) is 13.8 Å². The second-order valence-corrected chi connectivity index (χ2v) is 5.40. The van der Waals surface area contributed by atoms with E-state index in [1.165, 1.54) is 44.9 Å². The molecule has 1 atom stereocenters. The first-order valence-corrected chi connectivity index (χ1v) is 7.92. The average Bonchev–Trinajstić information content (AvgIpc) is 2.22. The Morgan fingerprint density at radius 2 is 1.44 bits per heavy atom. The SMILES string of the molecule is CCCCCC(C)CCCCCO.O=S(=O)([O-])[O-]. The van der Waals surface area contributed by atoms with E-state index in [-0.39, 0.29) is 0 Å². The molecular formula is C12H26O5S-2. The number of hydrogen-bond acceptors (Lipinski definition) is 5. The molecule has 0 aromatic carbocycles. The Morgan fingerprint density at radius 3 is 1.83 bits per heavy atom. The topological polar surface area (TPSA) is 100 Å². The lowest BCUT2D eigenvalue weighted by atomic mass is 9.97. The predicted molar refractivity (Wildman–Crippen MR) is 69.3 cm³/mol. The summed E-state index contributed by atoms with van der Waals surface area (Å²) < 4.78 is 34.1. The monoisotopic (exact) mass is 282 g/mol. The quantitative estimate of drug-likeness (QED) is 0.397. The number of aliphatic hydroxyl groups excluding tert-OH is 1. The zero-order chi connectivity index (χ0) is 14.4. The summed E-state index contributed by atoms with van der Waals surface area (Å²) in [6.45, 7) is 4.98. The van der Waals surface area contributed by atoms with Crippen LogP contribution in [0.15, 0.2) is 0 Å². The Hall–Kier alpha value is -0.170. The summed E-state index contributed by atoms with van der Waals surface area (Å²) in [6, 6.07) is 0. The first-order valence-electron chi connectivity index (χ1n) is 6.58. The van der Waals surface area contributed by atoms with Crippen LogP contribution in [0.5, 0.6) is 0 Å². The normalized spacial score (nSPS) is 12.7. The molecule has 0 heterocycles. The molecule has 0 aromatic heterocycles. The highest BCUT2D eigenvalue weighted by atomic mass is 32.3. The van der Waals surface area contributed by atoms with Crippen molar-refractivity contribution < 1.29 is 22.6 Å². The van der Waals surface area contributed by atoms with E-state index in [1.807, 2.05) is 0 Å². The van der Waals surface area contributed by atoms with Crippen LogP contribution in [0.2, 0.25) is 0 Å². The molecule has 1 N–H and O–H groups in total. The van der Waals surface area contributed by atoms with Gasteiger partial charge in [-0.3, -0.25) is 8.42 Å². The Kier molecular flexibility index (Phi) is 14.9. The van der Waals surface area contributed by atoms with Gasteiger partial charge in [-0.1, -0.05) is 58.8 Å². The molecule has 0 saturated carbocycles. The van der Waals surface area contributed by atoms with Crippen molar-refractivity contribution in [2.75, 3.05) is 6.61 Å². The number of hydrogen-bond donors (Lipinski definition) is 1. The molecule has 0 aliphatic rings. The standard InChI is InChI=1S/C12H26O.H2O4S/c1-3-4-6-9-12(2)10-7-5-8-11-13;1-5(2,3)4/h12-13H,3-11H2,1-2H3;(H2,1,2,3,4)/p-2. The first-order chi connectivity index (χ1) is 8.31.